The van der Waals surface area contributed by atoms with Crippen molar-refractivity contribution in [3.63, 3.8) is 0 Å². The first kappa shape index (κ1) is 12.4. The molecule has 98 valence electrons. The van der Waals surface area contributed by atoms with E-state index in [4.69, 9.17) is 0 Å². The van der Waals surface area contributed by atoms with Crippen LogP contribution in [0.3, 0.4) is 0 Å². The van der Waals surface area contributed by atoms with E-state index in [1.54, 1.807) is 0 Å². The third-order valence-corrected chi connectivity index (χ3v) is 4.14. The van der Waals surface area contributed by atoms with E-state index in [1.807, 2.05) is 0 Å². The van der Waals surface area contributed by atoms with Crippen LogP contribution in [0.2, 0.25) is 0 Å². The van der Waals surface area contributed by atoms with Crippen molar-refractivity contribution in [2.24, 2.45) is 0 Å². The zero-order valence-electron chi connectivity index (χ0n) is 11.5. The summed E-state index contributed by atoms with van der Waals surface area (Å²) in [6.45, 7) is 4.61. The van der Waals surface area contributed by atoms with Crippen LogP contribution in [0, 0.1) is 0 Å². The van der Waals surface area contributed by atoms with Crippen LogP contribution in [0.25, 0.3) is 0 Å². The maximum atomic E-state index is 2.60. The van der Waals surface area contributed by atoms with E-state index in [0.717, 1.165) is 6.54 Å². The summed E-state index contributed by atoms with van der Waals surface area (Å²) in [5.74, 6) is 0. The molecule has 0 saturated carbocycles. The summed E-state index contributed by atoms with van der Waals surface area (Å²) >= 11 is 0. The van der Waals surface area contributed by atoms with E-state index in [-0.39, 0.29) is 5.54 Å². The Kier molecular flexibility index (Phi) is 3.39. The van der Waals surface area contributed by atoms with Crippen molar-refractivity contribution >= 4 is 0 Å². The van der Waals surface area contributed by atoms with E-state index in [0.29, 0.717) is 0 Å². The normalized spacial score (nSPS) is 20.2. The smallest absolute Gasteiger partial charge is 0.0845 e. The Bertz CT molecular complexity index is 478. The molecule has 0 radical (unpaired) electrons. The van der Waals surface area contributed by atoms with Gasteiger partial charge in [0.25, 0.3) is 0 Å². The summed E-state index contributed by atoms with van der Waals surface area (Å²) in [6, 6.07) is 21.8. The van der Waals surface area contributed by atoms with E-state index in [9.17, 15) is 0 Å². The molecule has 0 aromatic heterocycles. The number of rotatable bonds is 5. The topological polar surface area (TPSA) is 3.01 Å². The molecule has 1 unspecified atom stereocenters. The molecule has 1 heterocycles. The van der Waals surface area contributed by atoms with E-state index >= 15 is 0 Å². The van der Waals surface area contributed by atoms with E-state index in [1.165, 1.54) is 30.5 Å². The molecule has 1 saturated heterocycles. The highest BCUT2D eigenvalue weighted by atomic mass is 15.4. The predicted octanol–water partition coefficient (Wildman–Crippen LogP) is 4.05. The molecule has 0 bridgehead atoms. The van der Waals surface area contributed by atoms with Crippen LogP contribution in [-0.4, -0.2) is 18.0 Å². The lowest BCUT2D eigenvalue weighted by Gasteiger charge is -2.19. The first-order valence-corrected chi connectivity index (χ1v) is 7.24. The van der Waals surface area contributed by atoms with Crippen LogP contribution < -0.4 is 0 Å². The fraction of sp³-hybridized carbons (Fsp3) is 0.333. The Balaban J connectivity index is 1.95. The molecule has 1 aliphatic heterocycles. The minimum absolute atomic E-state index is 0.137. The van der Waals surface area contributed by atoms with Gasteiger partial charge in [-0.1, -0.05) is 74.0 Å². The highest BCUT2D eigenvalue weighted by Gasteiger charge is 2.53. The average molecular weight is 251 g/mol. The second kappa shape index (κ2) is 5.18. The van der Waals surface area contributed by atoms with Crippen LogP contribution in [0.4, 0.5) is 0 Å². The number of benzene rings is 2. The summed E-state index contributed by atoms with van der Waals surface area (Å²) in [7, 11) is 0. The van der Waals surface area contributed by atoms with Gasteiger partial charge in [0.2, 0.25) is 0 Å². The second-order valence-electron chi connectivity index (χ2n) is 5.37. The van der Waals surface area contributed by atoms with Crippen molar-refractivity contribution in [2.45, 2.75) is 25.3 Å². The Morgan fingerprint density at radius 1 is 0.895 bits per heavy atom. The molecule has 1 nitrogen and oxygen atoms in total. The molecular formula is C18H21N. The van der Waals surface area contributed by atoms with Gasteiger partial charge < -0.3 is 0 Å². The summed E-state index contributed by atoms with van der Waals surface area (Å²) in [5, 5.41) is 0. The van der Waals surface area contributed by atoms with Gasteiger partial charge in [-0.3, -0.25) is 4.90 Å². The lowest BCUT2D eigenvalue weighted by atomic mass is 9.91. The van der Waals surface area contributed by atoms with Gasteiger partial charge in [0, 0.05) is 6.54 Å². The zero-order valence-corrected chi connectivity index (χ0v) is 11.5. The lowest BCUT2D eigenvalue weighted by molar-refractivity contribution is 0.440. The van der Waals surface area contributed by atoms with Gasteiger partial charge in [-0.25, -0.2) is 0 Å². The molecule has 19 heavy (non-hydrogen) atoms. The monoisotopic (exact) mass is 251 g/mol. The van der Waals surface area contributed by atoms with Crippen molar-refractivity contribution < 1.29 is 0 Å². The number of hydrogen-bond donors (Lipinski definition) is 0. The van der Waals surface area contributed by atoms with Gasteiger partial charge in [0.15, 0.2) is 0 Å². The lowest BCUT2D eigenvalue weighted by Crippen LogP contribution is -2.19. The summed E-state index contributed by atoms with van der Waals surface area (Å²) in [6.07, 6.45) is 2.54. The molecule has 0 amide bonds. The maximum absolute atomic E-state index is 2.60. The van der Waals surface area contributed by atoms with Gasteiger partial charge in [0.1, 0.15) is 0 Å². The van der Waals surface area contributed by atoms with E-state index in [2.05, 4.69) is 72.5 Å². The Labute approximate surface area is 115 Å². The standard InChI is InChI=1S/C18H21N/c1-2-3-14-19-15-18(19,16-10-6-4-7-11-16)17-12-8-5-9-13-17/h4-13H,2-3,14-15H2,1H3. The van der Waals surface area contributed by atoms with Gasteiger partial charge in [-0.15, -0.1) is 0 Å². The highest BCUT2D eigenvalue weighted by Crippen LogP contribution is 2.48. The number of hydrogen-bond acceptors (Lipinski definition) is 1. The SMILES string of the molecule is CCCCN1CC1(c1ccccc1)c1ccccc1. The number of nitrogens with zero attached hydrogens (tertiary/aromatic N) is 1. The molecule has 2 aromatic rings. The second-order valence-corrected chi connectivity index (χ2v) is 5.37. The molecular weight excluding hydrogens is 230 g/mol. The van der Waals surface area contributed by atoms with Crippen LogP contribution in [-0.2, 0) is 5.54 Å². The Hall–Kier alpha value is -1.60. The van der Waals surface area contributed by atoms with Crippen LogP contribution in [0.15, 0.2) is 60.7 Å². The Morgan fingerprint density at radius 3 is 1.89 bits per heavy atom. The molecule has 1 aliphatic rings. The fourth-order valence-electron chi connectivity index (χ4n) is 3.00. The van der Waals surface area contributed by atoms with E-state index < -0.39 is 0 Å². The van der Waals surface area contributed by atoms with Crippen LogP contribution in [0.1, 0.15) is 30.9 Å². The van der Waals surface area contributed by atoms with Gasteiger partial charge in [-0.2, -0.15) is 0 Å². The van der Waals surface area contributed by atoms with Crippen LogP contribution >= 0.6 is 0 Å². The third kappa shape index (κ3) is 2.19. The van der Waals surface area contributed by atoms with Crippen molar-refractivity contribution in [3.05, 3.63) is 71.8 Å². The maximum Gasteiger partial charge on any atom is 0.0845 e. The molecule has 3 rings (SSSR count). The van der Waals surface area contributed by atoms with Crippen molar-refractivity contribution in [1.82, 2.24) is 4.90 Å². The van der Waals surface area contributed by atoms with Crippen molar-refractivity contribution in [3.8, 4) is 0 Å². The van der Waals surface area contributed by atoms with Crippen molar-refractivity contribution in [2.75, 3.05) is 13.1 Å². The summed E-state index contributed by atoms with van der Waals surface area (Å²) < 4.78 is 0. The quantitative estimate of drug-likeness (QED) is 0.725. The first-order valence-electron chi connectivity index (χ1n) is 7.24. The molecule has 2 aromatic carbocycles. The predicted molar refractivity (Wildman–Crippen MR) is 80.1 cm³/mol. The van der Waals surface area contributed by atoms with Crippen LogP contribution in [0.5, 0.6) is 0 Å². The molecule has 0 aliphatic carbocycles. The zero-order chi connectivity index (χ0) is 13.1. The molecule has 1 heteroatoms. The minimum Gasteiger partial charge on any atom is -0.286 e. The molecule has 1 atom stereocenters. The third-order valence-electron chi connectivity index (χ3n) is 4.14. The Morgan fingerprint density at radius 2 is 1.42 bits per heavy atom. The van der Waals surface area contributed by atoms with Gasteiger partial charge >= 0.3 is 0 Å². The minimum atomic E-state index is 0.137. The first-order chi connectivity index (χ1) is 9.38. The highest BCUT2D eigenvalue weighted by molar-refractivity contribution is 5.44. The van der Waals surface area contributed by atoms with Gasteiger partial charge in [-0.05, 0) is 24.1 Å². The summed E-state index contributed by atoms with van der Waals surface area (Å²) in [5.41, 5.74) is 2.99. The molecule has 0 N–H and O–H groups in total. The summed E-state index contributed by atoms with van der Waals surface area (Å²) in [4.78, 5) is 2.60. The molecule has 0 spiro atoms. The van der Waals surface area contributed by atoms with Gasteiger partial charge in [0.05, 0.1) is 5.54 Å². The van der Waals surface area contributed by atoms with Crippen molar-refractivity contribution in [1.29, 1.82) is 0 Å². The fourth-order valence-corrected chi connectivity index (χ4v) is 3.00. The average Bonchev–Trinajstić information content (AvgIpc) is 3.23. The largest absolute Gasteiger partial charge is 0.286 e. The number of unbranched alkanes of at least 4 members (excludes halogenated alkanes) is 1. The molecule has 1 fully saturated rings.